The van der Waals surface area contributed by atoms with Crippen molar-refractivity contribution >= 4 is 46.6 Å². The lowest BCUT2D eigenvalue weighted by molar-refractivity contribution is -0.0563. The predicted octanol–water partition coefficient (Wildman–Crippen LogP) is 5.26. The van der Waals surface area contributed by atoms with E-state index >= 15 is 0 Å². The van der Waals surface area contributed by atoms with Gasteiger partial charge in [0.25, 0.3) is 0 Å². The minimum atomic E-state index is -0.680. The summed E-state index contributed by atoms with van der Waals surface area (Å²) in [5.74, 6) is -0.936. The zero-order valence-electron chi connectivity index (χ0n) is 22.0. The summed E-state index contributed by atoms with van der Waals surface area (Å²) in [6.45, 7) is 3.82. The van der Waals surface area contributed by atoms with Crippen molar-refractivity contribution in [2.45, 2.75) is 48.9 Å². The van der Waals surface area contributed by atoms with Gasteiger partial charge in [0.05, 0.1) is 17.5 Å². The van der Waals surface area contributed by atoms with Crippen LogP contribution in [0.1, 0.15) is 44.5 Å². The molecule has 3 heterocycles. The Bertz CT molecular complexity index is 1490. The first-order chi connectivity index (χ1) is 18.9. The van der Waals surface area contributed by atoms with Crippen molar-refractivity contribution in [1.29, 1.82) is 0 Å². The smallest absolute Gasteiger partial charge is 0.338 e. The molecule has 11 heteroatoms. The molecule has 5 rings (SSSR count). The number of carbonyl (C=O) groups excluding carboxylic acids is 2. The third-order valence-electron chi connectivity index (χ3n) is 6.45. The number of fused-ring (bicyclic) bond motifs is 1. The molecule has 3 atom stereocenters. The van der Waals surface area contributed by atoms with Gasteiger partial charge in [-0.3, -0.25) is 4.57 Å². The van der Waals surface area contributed by atoms with Crippen molar-refractivity contribution in [3.05, 3.63) is 77.1 Å². The number of hydrogen-bond acceptors (Lipinski definition) is 10. The average Bonchev–Trinajstić information content (AvgIpc) is 3.55. The van der Waals surface area contributed by atoms with E-state index in [1.54, 1.807) is 30.6 Å². The number of ether oxygens (including phenoxy) is 3. The molecule has 1 fully saturated rings. The number of rotatable bonds is 8. The Morgan fingerprint density at radius 2 is 1.59 bits per heavy atom. The number of imidazole rings is 1. The van der Waals surface area contributed by atoms with Gasteiger partial charge in [-0.25, -0.2) is 24.5 Å². The first kappa shape index (κ1) is 27.2. The topological polar surface area (TPSA) is 105 Å². The highest BCUT2D eigenvalue weighted by molar-refractivity contribution is 7.99. The van der Waals surface area contributed by atoms with Gasteiger partial charge < -0.3 is 14.2 Å². The van der Waals surface area contributed by atoms with E-state index in [4.69, 9.17) is 14.2 Å². The maximum Gasteiger partial charge on any atom is 0.338 e. The van der Waals surface area contributed by atoms with Gasteiger partial charge >= 0.3 is 11.9 Å². The van der Waals surface area contributed by atoms with Crippen LogP contribution in [0.15, 0.2) is 65.0 Å². The maximum atomic E-state index is 13.0. The second-order valence-corrected chi connectivity index (χ2v) is 10.8. The van der Waals surface area contributed by atoms with Gasteiger partial charge in [0, 0.05) is 6.42 Å². The zero-order valence-corrected chi connectivity index (χ0v) is 23.6. The van der Waals surface area contributed by atoms with Crippen LogP contribution in [-0.2, 0) is 14.2 Å². The summed E-state index contributed by atoms with van der Waals surface area (Å²) in [6.07, 6.45) is 4.00. The number of esters is 2. The van der Waals surface area contributed by atoms with Crippen molar-refractivity contribution in [3.8, 4) is 0 Å². The van der Waals surface area contributed by atoms with E-state index in [1.807, 2.05) is 55.2 Å². The average molecular weight is 565 g/mol. The first-order valence-electron chi connectivity index (χ1n) is 12.4. The van der Waals surface area contributed by atoms with E-state index in [-0.39, 0.29) is 6.61 Å². The molecule has 0 spiro atoms. The number of carbonyl (C=O) groups is 2. The second-order valence-electron chi connectivity index (χ2n) is 9.18. The summed E-state index contributed by atoms with van der Waals surface area (Å²) in [7, 11) is 0. The molecule has 9 nitrogen and oxygen atoms in total. The molecule has 39 heavy (non-hydrogen) atoms. The molecule has 1 aliphatic rings. The summed E-state index contributed by atoms with van der Waals surface area (Å²) < 4.78 is 19.7. The van der Waals surface area contributed by atoms with Gasteiger partial charge in [-0.15, -0.1) is 11.8 Å². The first-order valence-corrected chi connectivity index (χ1v) is 14.8. The minimum Gasteiger partial charge on any atom is -0.459 e. The van der Waals surface area contributed by atoms with Gasteiger partial charge in [-0.05, 0) is 50.6 Å². The number of thioether (sulfide) groups is 2. The molecular weight excluding hydrogens is 536 g/mol. The van der Waals surface area contributed by atoms with E-state index in [0.717, 1.165) is 21.7 Å². The molecule has 0 bridgehead atoms. The number of benzene rings is 2. The molecule has 0 radical (unpaired) electrons. The molecular formula is C28H28N4O5S2. The van der Waals surface area contributed by atoms with E-state index in [2.05, 4.69) is 15.0 Å². The van der Waals surface area contributed by atoms with Crippen LogP contribution in [0.25, 0.3) is 11.2 Å². The number of aromatic nitrogens is 4. The fraction of sp³-hybridized carbons (Fsp3) is 0.321. The van der Waals surface area contributed by atoms with Crippen LogP contribution in [0.2, 0.25) is 0 Å². The van der Waals surface area contributed by atoms with E-state index in [9.17, 15) is 9.59 Å². The molecule has 0 saturated carbocycles. The Hall–Kier alpha value is -3.41. The summed E-state index contributed by atoms with van der Waals surface area (Å²) >= 11 is 2.94. The Labute approximate surface area is 234 Å². The van der Waals surface area contributed by atoms with Crippen molar-refractivity contribution < 1.29 is 23.8 Å². The summed E-state index contributed by atoms with van der Waals surface area (Å²) in [5, 5.41) is 1.41. The second kappa shape index (κ2) is 11.8. The monoisotopic (exact) mass is 564 g/mol. The van der Waals surface area contributed by atoms with Crippen molar-refractivity contribution in [2.75, 3.05) is 19.1 Å². The fourth-order valence-electron chi connectivity index (χ4n) is 4.32. The highest BCUT2D eigenvalue weighted by Gasteiger charge is 2.41. The summed E-state index contributed by atoms with van der Waals surface area (Å²) in [6, 6.07) is 14.3. The van der Waals surface area contributed by atoms with E-state index in [1.165, 1.54) is 23.5 Å². The molecule has 202 valence electrons. The molecule has 0 unspecified atom stereocenters. The lowest BCUT2D eigenvalue weighted by Gasteiger charge is -2.19. The van der Waals surface area contributed by atoms with E-state index < -0.39 is 30.4 Å². The largest absolute Gasteiger partial charge is 0.459 e. The quantitative estimate of drug-likeness (QED) is 0.122. The number of aryl methyl sites for hydroxylation is 2. The van der Waals surface area contributed by atoms with Gasteiger partial charge in [-0.1, -0.05) is 47.2 Å². The van der Waals surface area contributed by atoms with E-state index in [0.29, 0.717) is 28.4 Å². The van der Waals surface area contributed by atoms with Crippen LogP contribution in [0.3, 0.4) is 0 Å². The lowest BCUT2D eigenvalue weighted by atomic mass is 10.1. The van der Waals surface area contributed by atoms with Crippen molar-refractivity contribution in [3.63, 3.8) is 0 Å². The van der Waals surface area contributed by atoms with Crippen LogP contribution >= 0.6 is 23.5 Å². The Morgan fingerprint density at radius 1 is 0.949 bits per heavy atom. The minimum absolute atomic E-state index is 0.0792. The molecule has 1 saturated heterocycles. The lowest BCUT2D eigenvalue weighted by Crippen LogP contribution is -2.32. The highest BCUT2D eigenvalue weighted by atomic mass is 32.2. The Kier molecular flexibility index (Phi) is 8.20. The molecule has 2 aromatic heterocycles. The SMILES string of the molecule is CSc1nc(SC)c2c(ncn2[C@H]2C[C@H](OC(=O)c3ccc(C)cc3)[C@@H](COC(=O)c3ccc(C)cc3)O2)n1. The van der Waals surface area contributed by atoms with Crippen LogP contribution in [0.5, 0.6) is 0 Å². The predicted molar refractivity (Wildman–Crippen MR) is 149 cm³/mol. The molecule has 0 N–H and O–H groups in total. The molecule has 2 aromatic carbocycles. The van der Waals surface area contributed by atoms with Gasteiger partial charge in [0.1, 0.15) is 35.6 Å². The third kappa shape index (κ3) is 5.95. The number of hydrogen-bond donors (Lipinski definition) is 0. The highest BCUT2D eigenvalue weighted by Crippen LogP contribution is 2.36. The number of nitrogens with zero attached hydrogens (tertiary/aromatic N) is 4. The van der Waals surface area contributed by atoms with Crippen molar-refractivity contribution in [1.82, 2.24) is 19.5 Å². The standard InChI is InChI=1S/C28H28N4O5S2/c1-16-5-9-18(10-6-16)26(33)35-14-21-20(37-27(34)19-11-7-17(2)8-12-19)13-22(36-21)32-15-29-24-23(32)25(38-3)31-28(30-24)39-4/h5-12,15,20-22H,13-14H2,1-4H3/t20-,21+,22+/m0/s1. The van der Waals surface area contributed by atoms with Crippen LogP contribution < -0.4 is 0 Å². The van der Waals surface area contributed by atoms with Crippen LogP contribution in [0, 0.1) is 13.8 Å². The third-order valence-corrected chi connectivity index (χ3v) is 7.67. The van der Waals surface area contributed by atoms with Gasteiger partial charge in [0.15, 0.2) is 10.8 Å². The zero-order chi connectivity index (χ0) is 27.5. The Morgan fingerprint density at radius 3 is 2.21 bits per heavy atom. The van der Waals surface area contributed by atoms with Crippen LogP contribution in [0.4, 0.5) is 0 Å². The van der Waals surface area contributed by atoms with Crippen molar-refractivity contribution in [2.24, 2.45) is 0 Å². The molecule has 0 aliphatic carbocycles. The summed E-state index contributed by atoms with van der Waals surface area (Å²) in [4.78, 5) is 39.3. The normalized spacial score (nSPS) is 18.8. The summed E-state index contributed by atoms with van der Waals surface area (Å²) in [5.41, 5.74) is 4.27. The molecule has 0 amide bonds. The van der Waals surface area contributed by atoms with Gasteiger partial charge in [0.2, 0.25) is 0 Å². The van der Waals surface area contributed by atoms with Gasteiger partial charge in [-0.2, -0.15) is 0 Å². The fourth-order valence-corrected chi connectivity index (χ4v) is 5.30. The van der Waals surface area contributed by atoms with Crippen LogP contribution in [-0.4, -0.2) is 62.8 Å². The Balaban J connectivity index is 1.39. The maximum absolute atomic E-state index is 13.0. The molecule has 4 aromatic rings. The molecule has 1 aliphatic heterocycles.